The molecule has 1 N–H and O–H groups in total. The molecule has 8 heteroatoms. The van der Waals surface area contributed by atoms with E-state index in [0.717, 1.165) is 4.31 Å². The smallest absolute Gasteiger partial charge is 0.257 e. The molecule has 1 heterocycles. The van der Waals surface area contributed by atoms with Crippen LogP contribution in [0.25, 0.3) is 0 Å². The summed E-state index contributed by atoms with van der Waals surface area (Å²) in [4.78, 5) is 24.3. The third-order valence-corrected chi connectivity index (χ3v) is 5.56. The van der Waals surface area contributed by atoms with Crippen molar-refractivity contribution in [2.24, 2.45) is 0 Å². The van der Waals surface area contributed by atoms with E-state index in [1.807, 2.05) is 6.07 Å². The van der Waals surface area contributed by atoms with Crippen molar-refractivity contribution < 1.29 is 18.0 Å². The molecule has 24 heavy (non-hydrogen) atoms. The summed E-state index contributed by atoms with van der Waals surface area (Å²) in [5, 5.41) is 2.84. The standard InChI is InChI=1S/C16H13ClN2O4S/c17-14-7-6-12(19-15(20)8-9-24(19,22)23)10-13(14)16(21)18-11-4-2-1-3-5-11/h1-7,10H,8-9H2,(H,18,21). The Morgan fingerprint density at radius 1 is 1.12 bits per heavy atom. The molecule has 1 fully saturated rings. The lowest BCUT2D eigenvalue weighted by atomic mass is 10.1. The van der Waals surface area contributed by atoms with Gasteiger partial charge in [-0.1, -0.05) is 29.8 Å². The minimum Gasteiger partial charge on any atom is -0.322 e. The number of sulfonamides is 1. The zero-order valence-corrected chi connectivity index (χ0v) is 14.0. The molecule has 0 bridgehead atoms. The van der Waals surface area contributed by atoms with Crippen LogP contribution >= 0.6 is 11.6 Å². The Hall–Kier alpha value is -2.38. The van der Waals surface area contributed by atoms with Gasteiger partial charge in [0.2, 0.25) is 15.9 Å². The maximum absolute atomic E-state index is 12.4. The molecule has 6 nitrogen and oxygen atoms in total. The third-order valence-electron chi connectivity index (χ3n) is 3.54. The predicted octanol–water partition coefficient (Wildman–Crippen LogP) is 2.66. The van der Waals surface area contributed by atoms with Crippen LogP contribution in [-0.2, 0) is 14.8 Å². The van der Waals surface area contributed by atoms with Crippen LogP contribution in [0, 0.1) is 0 Å². The van der Waals surface area contributed by atoms with Crippen molar-refractivity contribution in [3.63, 3.8) is 0 Å². The summed E-state index contributed by atoms with van der Waals surface area (Å²) in [6.07, 6.45) is -0.0729. The fourth-order valence-electron chi connectivity index (χ4n) is 2.40. The molecule has 0 aromatic heterocycles. The molecule has 2 amide bonds. The van der Waals surface area contributed by atoms with Crippen molar-refractivity contribution in [1.29, 1.82) is 0 Å². The van der Waals surface area contributed by atoms with Gasteiger partial charge in [0.25, 0.3) is 5.91 Å². The average molecular weight is 365 g/mol. The Labute approximate surface area is 144 Å². The highest BCUT2D eigenvalue weighted by Gasteiger charge is 2.36. The summed E-state index contributed by atoms with van der Waals surface area (Å²) in [5.74, 6) is -1.25. The lowest BCUT2D eigenvalue weighted by Gasteiger charge is -2.16. The Morgan fingerprint density at radius 2 is 1.83 bits per heavy atom. The number of para-hydroxylation sites is 1. The highest BCUT2D eigenvalue weighted by atomic mass is 35.5. The fraction of sp³-hybridized carbons (Fsp3) is 0.125. The van der Waals surface area contributed by atoms with Gasteiger partial charge in [-0.3, -0.25) is 9.59 Å². The van der Waals surface area contributed by atoms with Crippen molar-refractivity contribution in [2.75, 3.05) is 15.4 Å². The number of benzene rings is 2. The van der Waals surface area contributed by atoms with Gasteiger partial charge in [0, 0.05) is 12.1 Å². The van der Waals surface area contributed by atoms with Crippen LogP contribution in [0.2, 0.25) is 5.02 Å². The quantitative estimate of drug-likeness (QED) is 0.907. The van der Waals surface area contributed by atoms with Gasteiger partial charge in [0.1, 0.15) is 0 Å². The van der Waals surface area contributed by atoms with Crippen molar-refractivity contribution in [2.45, 2.75) is 6.42 Å². The van der Waals surface area contributed by atoms with Crippen LogP contribution in [0.3, 0.4) is 0 Å². The molecule has 0 saturated carbocycles. The Morgan fingerprint density at radius 3 is 2.46 bits per heavy atom. The molecule has 1 aliphatic heterocycles. The minimum atomic E-state index is -3.69. The van der Waals surface area contributed by atoms with Crippen LogP contribution in [0.4, 0.5) is 11.4 Å². The van der Waals surface area contributed by atoms with E-state index in [0.29, 0.717) is 5.69 Å². The molecule has 2 aromatic carbocycles. The second-order valence-corrected chi connectivity index (χ2v) is 7.55. The number of halogens is 1. The Kier molecular flexibility index (Phi) is 4.29. The molecule has 3 rings (SSSR count). The topological polar surface area (TPSA) is 83.6 Å². The highest BCUT2D eigenvalue weighted by molar-refractivity contribution is 7.94. The largest absolute Gasteiger partial charge is 0.322 e. The van der Waals surface area contributed by atoms with E-state index >= 15 is 0 Å². The first-order valence-corrected chi connectivity index (χ1v) is 9.09. The van der Waals surface area contributed by atoms with Gasteiger partial charge in [-0.25, -0.2) is 12.7 Å². The zero-order chi connectivity index (χ0) is 17.3. The van der Waals surface area contributed by atoms with E-state index in [9.17, 15) is 18.0 Å². The summed E-state index contributed by atoms with van der Waals surface area (Å²) in [5.41, 5.74) is 0.780. The first kappa shape index (κ1) is 16.5. The number of rotatable bonds is 3. The van der Waals surface area contributed by atoms with E-state index in [1.165, 1.54) is 18.2 Å². The van der Waals surface area contributed by atoms with Crippen molar-refractivity contribution in [1.82, 2.24) is 0 Å². The number of carbonyl (C=O) groups is 2. The predicted molar refractivity (Wildman–Crippen MR) is 91.7 cm³/mol. The van der Waals surface area contributed by atoms with Crippen LogP contribution in [0.5, 0.6) is 0 Å². The SMILES string of the molecule is O=C(Nc1ccccc1)c1cc(N2C(=O)CCS2(=O)=O)ccc1Cl. The maximum atomic E-state index is 12.4. The first-order valence-electron chi connectivity index (χ1n) is 7.10. The number of amides is 2. The normalized spacial score (nSPS) is 16.2. The monoisotopic (exact) mass is 364 g/mol. The lowest BCUT2D eigenvalue weighted by molar-refractivity contribution is -0.116. The van der Waals surface area contributed by atoms with Gasteiger partial charge in [-0.2, -0.15) is 0 Å². The third kappa shape index (κ3) is 3.13. The molecule has 1 saturated heterocycles. The molecule has 0 radical (unpaired) electrons. The van der Waals surface area contributed by atoms with Gasteiger partial charge in [0.15, 0.2) is 0 Å². The van der Waals surface area contributed by atoms with Crippen LogP contribution in [0.15, 0.2) is 48.5 Å². The highest BCUT2D eigenvalue weighted by Crippen LogP contribution is 2.29. The lowest BCUT2D eigenvalue weighted by Crippen LogP contribution is -2.29. The summed E-state index contributed by atoms with van der Waals surface area (Å²) >= 11 is 6.06. The number of anilines is 2. The molecule has 0 spiro atoms. The van der Waals surface area contributed by atoms with Crippen molar-refractivity contribution >= 4 is 44.8 Å². The Bertz CT molecular complexity index is 913. The van der Waals surface area contributed by atoms with E-state index in [4.69, 9.17) is 11.6 Å². The second-order valence-electron chi connectivity index (χ2n) is 5.21. The van der Waals surface area contributed by atoms with Crippen LogP contribution in [-0.4, -0.2) is 26.0 Å². The number of nitrogens with one attached hydrogen (secondary N) is 1. The molecule has 1 aliphatic rings. The second kappa shape index (κ2) is 6.26. The summed E-state index contributed by atoms with van der Waals surface area (Å²) in [6.45, 7) is 0. The number of hydrogen-bond acceptors (Lipinski definition) is 4. The first-order chi connectivity index (χ1) is 11.4. The average Bonchev–Trinajstić information content (AvgIpc) is 2.82. The minimum absolute atomic E-state index is 0.0729. The van der Waals surface area contributed by atoms with Gasteiger partial charge < -0.3 is 5.32 Å². The summed E-state index contributed by atoms with van der Waals surface area (Å²) in [7, 11) is -3.69. The van der Waals surface area contributed by atoms with Gasteiger partial charge in [0.05, 0.1) is 22.0 Å². The molecule has 0 atom stereocenters. The van der Waals surface area contributed by atoms with Crippen LogP contribution in [0.1, 0.15) is 16.8 Å². The fourth-order valence-corrected chi connectivity index (χ4v) is 4.06. The molecule has 0 aliphatic carbocycles. The van der Waals surface area contributed by atoms with E-state index in [1.54, 1.807) is 24.3 Å². The number of nitrogens with zero attached hydrogens (tertiary/aromatic N) is 1. The van der Waals surface area contributed by atoms with Gasteiger partial charge in [-0.15, -0.1) is 0 Å². The summed E-state index contributed by atoms with van der Waals surface area (Å²) < 4.78 is 24.7. The van der Waals surface area contributed by atoms with Gasteiger partial charge >= 0.3 is 0 Å². The van der Waals surface area contributed by atoms with Crippen molar-refractivity contribution in [3.8, 4) is 0 Å². The van der Waals surface area contributed by atoms with E-state index < -0.39 is 21.8 Å². The zero-order valence-electron chi connectivity index (χ0n) is 12.4. The molecular weight excluding hydrogens is 352 g/mol. The Balaban J connectivity index is 1.95. The molecule has 0 unspecified atom stereocenters. The number of hydrogen-bond donors (Lipinski definition) is 1. The van der Waals surface area contributed by atoms with E-state index in [-0.39, 0.29) is 28.4 Å². The number of carbonyl (C=O) groups excluding carboxylic acids is 2. The molecule has 124 valence electrons. The van der Waals surface area contributed by atoms with E-state index in [2.05, 4.69) is 5.32 Å². The van der Waals surface area contributed by atoms with Crippen LogP contribution < -0.4 is 9.62 Å². The van der Waals surface area contributed by atoms with Gasteiger partial charge in [-0.05, 0) is 30.3 Å². The molecule has 2 aromatic rings. The molecular formula is C16H13ClN2O4S. The maximum Gasteiger partial charge on any atom is 0.257 e. The van der Waals surface area contributed by atoms with Crippen molar-refractivity contribution in [3.05, 3.63) is 59.1 Å². The summed E-state index contributed by atoms with van der Waals surface area (Å²) in [6, 6.07) is 12.9.